The summed E-state index contributed by atoms with van der Waals surface area (Å²) in [6, 6.07) is 14.1. The zero-order valence-electron chi connectivity index (χ0n) is 13.7. The summed E-state index contributed by atoms with van der Waals surface area (Å²) in [5.74, 6) is 1.81. The minimum Gasteiger partial charge on any atom is -0.495 e. The normalized spacial score (nSPS) is 12.0. The third-order valence-corrected chi connectivity index (χ3v) is 4.08. The Hall–Kier alpha value is -1.71. The second-order valence-electron chi connectivity index (χ2n) is 5.53. The molecule has 2 aromatic rings. The second kappa shape index (κ2) is 8.80. The van der Waals surface area contributed by atoms with Gasteiger partial charge in [0.05, 0.1) is 18.7 Å². The standard InChI is InChI=1S/C19H24ClNO2/c1-3-9-23-17-6-4-5-15(12-17)16(13-21)10-14-7-8-19(22-2)18(20)11-14/h4-8,11-12,16H,3,9-10,13,21H2,1-2H3. The molecule has 0 aliphatic rings. The highest BCUT2D eigenvalue weighted by atomic mass is 35.5. The number of nitrogens with two attached hydrogens (primary N) is 1. The lowest BCUT2D eigenvalue weighted by Crippen LogP contribution is -2.15. The highest BCUT2D eigenvalue weighted by Gasteiger charge is 2.13. The van der Waals surface area contributed by atoms with Gasteiger partial charge in [-0.15, -0.1) is 0 Å². The number of halogens is 1. The van der Waals surface area contributed by atoms with E-state index in [1.54, 1.807) is 7.11 Å². The Kier molecular flexibility index (Phi) is 6.75. The molecule has 0 bridgehead atoms. The topological polar surface area (TPSA) is 44.5 Å². The van der Waals surface area contributed by atoms with E-state index >= 15 is 0 Å². The van der Waals surface area contributed by atoms with Crippen molar-refractivity contribution in [2.75, 3.05) is 20.3 Å². The molecular weight excluding hydrogens is 310 g/mol. The number of ether oxygens (including phenoxy) is 2. The summed E-state index contributed by atoms with van der Waals surface area (Å²) in [4.78, 5) is 0. The van der Waals surface area contributed by atoms with E-state index in [2.05, 4.69) is 19.1 Å². The van der Waals surface area contributed by atoms with E-state index in [0.717, 1.165) is 30.8 Å². The molecule has 4 heteroatoms. The predicted octanol–water partition coefficient (Wildman–Crippen LogP) is 4.42. The van der Waals surface area contributed by atoms with Crippen molar-refractivity contribution < 1.29 is 9.47 Å². The summed E-state index contributed by atoms with van der Waals surface area (Å²) in [6.07, 6.45) is 1.83. The molecule has 0 saturated carbocycles. The number of benzene rings is 2. The van der Waals surface area contributed by atoms with Crippen molar-refractivity contribution >= 4 is 11.6 Å². The maximum Gasteiger partial charge on any atom is 0.137 e. The van der Waals surface area contributed by atoms with Crippen LogP contribution in [-0.4, -0.2) is 20.3 Å². The lowest BCUT2D eigenvalue weighted by atomic mass is 9.92. The highest BCUT2D eigenvalue weighted by molar-refractivity contribution is 6.32. The number of hydrogen-bond acceptors (Lipinski definition) is 3. The van der Waals surface area contributed by atoms with Crippen LogP contribution in [0.2, 0.25) is 5.02 Å². The molecule has 0 fully saturated rings. The number of rotatable bonds is 8. The van der Waals surface area contributed by atoms with Crippen molar-refractivity contribution in [1.29, 1.82) is 0 Å². The van der Waals surface area contributed by atoms with Crippen molar-refractivity contribution in [2.24, 2.45) is 5.73 Å². The molecule has 2 aromatic carbocycles. The second-order valence-corrected chi connectivity index (χ2v) is 5.93. The van der Waals surface area contributed by atoms with Crippen LogP contribution in [0.4, 0.5) is 0 Å². The zero-order valence-corrected chi connectivity index (χ0v) is 14.5. The van der Waals surface area contributed by atoms with Crippen LogP contribution < -0.4 is 15.2 Å². The summed E-state index contributed by atoms with van der Waals surface area (Å²) in [5.41, 5.74) is 8.33. The first kappa shape index (κ1) is 17.6. The molecule has 0 radical (unpaired) electrons. The van der Waals surface area contributed by atoms with Gasteiger partial charge in [0.2, 0.25) is 0 Å². The summed E-state index contributed by atoms with van der Waals surface area (Å²) in [5, 5.41) is 0.626. The predicted molar refractivity (Wildman–Crippen MR) is 95.7 cm³/mol. The van der Waals surface area contributed by atoms with Crippen LogP contribution in [0.25, 0.3) is 0 Å². The maximum absolute atomic E-state index is 6.21. The SMILES string of the molecule is CCCOc1cccc(C(CN)Cc2ccc(OC)c(Cl)c2)c1. The van der Waals surface area contributed by atoms with E-state index in [0.29, 0.717) is 17.3 Å². The monoisotopic (exact) mass is 333 g/mol. The summed E-state index contributed by atoms with van der Waals surface area (Å²) in [6.45, 7) is 3.39. The summed E-state index contributed by atoms with van der Waals surface area (Å²) >= 11 is 6.21. The minimum absolute atomic E-state index is 0.227. The first-order valence-electron chi connectivity index (χ1n) is 7.93. The molecule has 23 heavy (non-hydrogen) atoms. The van der Waals surface area contributed by atoms with Gasteiger partial charge in [-0.05, 0) is 54.8 Å². The first-order valence-corrected chi connectivity index (χ1v) is 8.31. The van der Waals surface area contributed by atoms with E-state index in [-0.39, 0.29) is 5.92 Å². The number of methoxy groups -OCH3 is 1. The van der Waals surface area contributed by atoms with Gasteiger partial charge < -0.3 is 15.2 Å². The van der Waals surface area contributed by atoms with Gasteiger partial charge in [0.15, 0.2) is 0 Å². The molecule has 0 heterocycles. The van der Waals surface area contributed by atoms with Gasteiger partial charge in [0.1, 0.15) is 11.5 Å². The molecule has 0 saturated heterocycles. The van der Waals surface area contributed by atoms with Crippen LogP contribution >= 0.6 is 11.6 Å². The quantitative estimate of drug-likeness (QED) is 0.777. The highest BCUT2D eigenvalue weighted by Crippen LogP contribution is 2.29. The van der Waals surface area contributed by atoms with Crippen molar-refractivity contribution in [3.63, 3.8) is 0 Å². The summed E-state index contributed by atoms with van der Waals surface area (Å²) < 4.78 is 10.9. The number of hydrogen-bond donors (Lipinski definition) is 1. The van der Waals surface area contributed by atoms with E-state index in [1.807, 2.05) is 30.3 Å². The first-order chi connectivity index (χ1) is 11.2. The Labute approximate surface area is 143 Å². The van der Waals surface area contributed by atoms with Crippen LogP contribution in [0.15, 0.2) is 42.5 Å². The molecule has 0 aliphatic heterocycles. The van der Waals surface area contributed by atoms with Crippen LogP contribution in [-0.2, 0) is 6.42 Å². The average Bonchev–Trinajstić information content (AvgIpc) is 2.58. The third-order valence-electron chi connectivity index (χ3n) is 3.79. The lowest BCUT2D eigenvalue weighted by molar-refractivity contribution is 0.317. The molecule has 124 valence electrons. The molecule has 0 amide bonds. The fourth-order valence-electron chi connectivity index (χ4n) is 2.54. The van der Waals surface area contributed by atoms with Crippen molar-refractivity contribution in [3.05, 3.63) is 58.6 Å². The molecule has 1 unspecified atom stereocenters. The zero-order chi connectivity index (χ0) is 16.7. The molecule has 2 N–H and O–H groups in total. The van der Waals surface area contributed by atoms with E-state index in [1.165, 1.54) is 5.56 Å². The Morgan fingerprint density at radius 3 is 2.65 bits per heavy atom. The molecule has 0 aliphatic carbocycles. The molecule has 0 spiro atoms. The van der Waals surface area contributed by atoms with Gasteiger partial charge in [0.25, 0.3) is 0 Å². The van der Waals surface area contributed by atoms with E-state index < -0.39 is 0 Å². The molecule has 0 aromatic heterocycles. The van der Waals surface area contributed by atoms with Crippen molar-refractivity contribution in [3.8, 4) is 11.5 Å². The average molecular weight is 334 g/mol. The van der Waals surface area contributed by atoms with E-state index in [4.69, 9.17) is 26.8 Å². The fraction of sp³-hybridized carbons (Fsp3) is 0.368. The van der Waals surface area contributed by atoms with Crippen LogP contribution in [0.5, 0.6) is 11.5 Å². The van der Waals surface area contributed by atoms with Gasteiger partial charge in [-0.3, -0.25) is 0 Å². The summed E-state index contributed by atoms with van der Waals surface area (Å²) in [7, 11) is 1.62. The third kappa shape index (κ3) is 4.88. The maximum atomic E-state index is 6.21. The minimum atomic E-state index is 0.227. The van der Waals surface area contributed by atoms with Gasteiger partial charge >= 0.3 is 0 Å². The van der Waals surface area contributed by atoms with Crippen LogP contribution in [0, 0.1) is 0 Å². The van der Waals surface area contributed by atoms with Crippen LogP contribution in [0.1, 0.15) is 30.4 Å². The molecular formula is C19H24ClNO2. The molecule has 3 nitrogen and oxygen atoms in total. The van der Waals surface area contributed by atoms with Crippen molar-refractivity contribution in [2.45, 2.75) is 25.7 Å². The lowest BCUT2D eigenvalue weighted by Gasteiger charge is -2.17. The Balaban J connectivity index is 2.14. The molecule has 1 atom stereocenters. The van der Waals surface area contributed by atoms with Gasteiger partial charge in [-0.2, -0.15) is 0 Å². The molecule has 2 rings (SSSR count). The Morgan fingerprint density at radius 2 is 2.00 bits per heavy atom. The van der Waals surface area contributed by atoms with Gasteiger partial charge in [-0.1, -0.05) is 36.7 Å². The fourth-order valence-corrected chi connectivity index (χ4v) is 2.82. The Morgan fingerprint density at radius 1 is 1.17 bits per heavy atom. The van der Waals surface area contributed by atoms with Crippen LogP contribution in [0.3, 0.4) is 0 Å². The van der Waals surface area contributed by atoms with Gasteiger partial charge in [-0.25, -0.2) is 0 Å². The largest absolute Gasteiger partial charge is 0.495 e. The smallest absolute Gasteiger partial charge is 0.137 e. The van der Waals surface area contributed by atoms with E-state index in [9.17, 15) is 0 Å². The van der Waals surface area contributed by atoms with Gasteiger partial charge in [0, 0.05) is 5.92 Å². The Bertz CT molecular complexity index is 631. The van der Waals surface area contributed by atoms with Crippen molar-refractivity contribution in [1.82, 2.24) is 0 Å².